The van der Waals surface area contributed by atoms with Crippen molar-refractivity contribution in [2.24, 2.45) is 0 Å². The lowest BCUT2D eigenvalue weighted by Crippen LogP contribution is -2.26. The fraction of sp³-hybridized carbons (Fsp3) is 0.278. The summed E-state index contributed by atoms with van der Waals surface area (Å²) in [5.41, 5.74) is 1.86. The van der Waals surface area contributed by atoms with Crippen molar-refractivity contribution in [3.8, 4) is 0 Å². The number of carbonyl (C=O) groups is 1. The summed E-state index contributed by atoms with van der Waals surface area (Å²) in [6.45, 7) is 1.77. The second-order valence-electron chi connectivity index (χ2n) is 5.79. The molecule has 0 aliphatic heterocycles. The Labute approximate surface area is 152 Å². The summed E-state index contributed by atoms with van der Waals surface area (Å²) in [4.78, 5) is 10.7. The SMILES string of the molecule is CC(NS(=O)(=O)c1ccc(Cl)cc1)c1ccc(CCCC(=O)O)cc1. The van der Waals surface area contributed by atoms with Gasteiger partial charge in [0.05, 0.1) is 4.90 Å². The Morgan fingerprint density at radius 3 is 2.28 bits per heavy atom. The van der Waals surface area contributed by atoms with Gasteiger partial charge in [0.2, 0.25) is 10.0 Å². The number of benzene rings is 2. The van der Waals surface area contributed by atoms with Crippen LogP contribution in [0.1, 0.15) is 36.9 Å². The van der Waals surface area contributed by atoms with Crippen LogP contribution in [0.3, 0.4) is 0 Å². The fourth-order valence-electron chi connectivity index (χ4n) is 2.40. The van der Waals surface area contributed by atoms with Gasteiger partial charge < -0.3 is 5.11 Å². The van der Waals surface area contributed by atoms with Gasteiger partial charge in [0.1, 0.15) is 0 Å². The van der Waals surface area contributed by atoms with Gasteiger partial charge in [0.25, 0.3) is 0 Å². The molecule has 2 rings (SSSR count). The quantitative estimate of drug-likeness (QED) is 0.728. The van der Waals surface area contributed by atoms with Gasteiger partial charge in [-0.3, -0.25) is 4.79 Å². The Hall–Kier alpha value is -1.89. The number of hydrogen-bond donors (Lipinski definition) is 2. The molecule has 0 fully saturated rings. The molecule has 5 nitrogen and oxygen atoms in total. The molecule has 0 saturated carbocycles. The van der Waals surface area contributed by atoms with E-state index >= 15 is 0 Å². The standard InChI is InChI=1S/C18H20ClNO4S/c1-13(20-25(23,24)17-11-9-16(19)10-12-17)15-7-5-14(6-8-15)3-2-4-18(21)22/h5-13,20H,2-4H2,1H3,(H,21,22). The van der Waals surface area contributed by atoms with Crippen LogP contribution < -0.4 is 4.72 Å². The van der Waals surface area contributed by atoms with E-state index in [4.69, 9.17) is 16.7 Å². The van der Waals surface area contributed by atoms with Crippen LogP contribution in [0, 0.1) is 0 Å². The zero-order chi connectivity index (χ0) is 18.4. The van der Waals surface area contributed by atoms with Crippen molar-refractivity contribution in [1.82, 2.24) is 4.72 Å². The first-order chi connectivity index (χ1) is 11.8. The second kappa shape index (κ2) is 8.47. The lowest BCUT2D eigenvalue weighted by Gasteiger charge is -2.15. The molecule has 0 saturated heterocycles. The summed E-state index contributed by atoms with van der Waals surface area (Å²) in [6, 6.07) is 13.1. The molecule has 2 aromatic carbocycles. The van der Waals surface area contributed by atoms with Gasteiger partial charge in [-0.25, -0.2) is 13.1 Å². The fourth-order valence-corrected chi connectivity index (χ4v) is 3.76. The molecule has 2 aromatic rings. The summed E-state index contributed by atoms with van der Waals surface area (Å²) in [5, 5.41) is 9.13. The molecule has 0 bridgehead atoms. The van der Waals surface area contributed by atoms with Gasteiger partial charge in [0, 0.05) is 17.5 Å². The Kier molecular flexibility index (Phi) is 6.58. The largest absolute Gasteiger partial charge is 0.481 e. The van der Waals surface area contributed by atoms with Crippen LogP contribution in [0.5, 0.6) is 0 Å². The molecule has 1 unspecified atom stereocenters. The lowest BCUT2D eigenvalue weighted by molar-refractivity contribution is -0.137. The maximum atomic E-state index is 12.4. The number of hydrogen-bond acceptors (Lipinski definition) is 3. The molecule has 0 amide bonds. The highest BCUT2D eigenvalue weighted by atomic mass is 35.5. The average Bonchev–Trinajstić information content (AvgIpc) is 2.55. The van der Waals surface area contributed by atoms with Crippen LogP contribution in [0.4, 0.5) is 0 Å². The molecule has 1 atom stereocenters. The molecule has 0 aliphatic rings. The topological polar surface area (TPSA) is 83.5 Å². The van der Waals surface area contributed by atoms with E-state index in [0.717, 1.165) is 11.1 Å². The van der Waals surface area contributed by atoms with Crippen molar-refractivity contribution in [1.29, 1.82) is 0 Å². The molecule has 0 heterocycles. The first-order valence-electron chi connectivity index (χ1n) is 7.86. The van der Waals surface area contributed by atoms with Crippen LogP contribution >= 0.6 is 11.6 Å². The molecular weight excluding hydrogens is 362 g/mol. The smallest absolute Gasteiger partial charge is 0.303 e. The van der Waals surface area contributed by atoms with Crippen molar-refractivity contribution in [3.63, 3.8) is 0 Å². The van der Waals surface area contributed by atoms with Crippen molar-refractivity contribution in [2.45, 2.75) is 37.1 Å². The van der Waals surface area contributed by atoms with Gasteiger partial charge in [-0.2, -0.15) is 0 Å². The van der Waals surface area contributed by atoms with E-state index in [2.05, 4.69) is 4.72 Å². The summed E-state index contributed by atoms with van der Waals surface area (Å²) in [5.74, 6) is -0.804. The Morgan fingerprint density at radius 2 is 1.72 bits per heavy atom. The van der Waals surface area contributed by atoms with E-state index in [-0.39, 0.29) is 11.3 Å². The van der Waals surface area contributed by atoms with E-state index in [0.29, 0.717) is 17.9 Å². The molecule has 0 aromatic heterocycles. The summed E-state index contributed by atoms with van der Waals surface area (Å²) in [6.07, 6.45) is 1.39. The molecule has 0 aliphatic carbocycles. The van der Waals surface area contributed by atoms with Crippen LogP contribution in [-0.4, -0.2) is 19.5 Å². The van der Waals surface area contributed by atoms with Crippen molar-refractivity contribution < 1.29 is 18.3 Å². The first kappa shape index (κ1) is 19.4. The lowest BCUT2D eigenvalue weighted by atomic mass is 10.0. The van der Waals surface area contributed by atoms with Crippen LogP contribution in [0.2, 0.25) is 5.02 Å². The van der Waals surface area contributed by atoms with Crippen LogP contribution in [0.25, 0.3) is 0 Å². The molecular formula is C18H20ClNO4S. The van der Waals surface area contributed by atoms with Gasteiger partial charge >= 0.3 is 5.97 Å². The average molecular weight is 382 g/mol. The monoisotopic (exact) mass is 381 g/mol. The summed E-state index contributed by atoms with van der Waals surface area (Å²) in [7, 11) is -3.63. The minimum atomic E-state index is -3.63. The zero-order valence-electron chi connectivity index (χ0n) is 13.8. The Morgan fingerprint density at radius 1 is 1.12 bits per heavy atom. The van der Waals surface area contributed by atoms with Gasteiger partial charge in [-0.15, -0.1) is 0 Å². The minimum Gasteiger partial charge on any atom is -0.481 e. The highest BCUT2D eigenvalue weighted by Gasteiger charge is 2.18. The predicted octanol–water partition coefficient (Wildman–Crippen LogP) is 3.79. The van der Waals surface area contributed by atoms with E-state index in [1.807, 2.05) is 24.3 Å². The maximum Gasteiger partial charge on any atom is 0.303 e. The molecule has 2 N–H and O–H groups in total. The number of halogens is 1. The zero-order valence-corrected chi connectivity index (χ0v) is 15.3. The number of sulfonamides is 1. The highest BCUT2D eigenvalue weighted by Crippen LogP contribution is 2.19. The summed E-state index contributed by atoms with van der Waals surface area (Å²) < 4.78 is 27.4. The third kappa shape index (κ3) is 5.85. The Bertz CT molecular complexity index is 817. The number of aliphatic carboxylic acids is 1. The van der Waals surface area contributed by atoms with Gasteiger partial charge in [0.15, 0.2) is 0 Å². The first-order valence-corrected chi connectivity index (χ1v) is 9.72. The van der Waals surface area contributed by atoms with E-state index in [1.54, 1.807) is 6.92 Å². The van der Waals surface area contributed by atoms with E-state index in [1.165, 1.54) is 24.3 Å². The van der Waals surface area contributed by atoms with E-state index < -0.39 is 22.0 Å². The molecule has 0 radical (unpaired) electrons. The Balaban J connectivity index is 2.01. The third-order valence-corrected chi connectivity index (χ3v) is 5.60. The summed E-state index contributed by atoms with van der Waals surface area (Å²) >= 11 is 5.78. The van der Waals surface area contributed by atoms with Gasteiger partial charge in [-0.05, 0) is 55.2 Å². The van der Waals surface area contributed by atoms with Crippen LogP contribution in [0.15, 0.2) is 53.4 Å². The molecule has 134 valence electrons. The minimum absolute atomic E-state index is 0.138. The van der Waals surface area contributed by atoms with Crippen molar-refractivity contribution >= 4 is 27.6 Å². The highest BCUT2D eigenvalue weighted by molar-refractivity contribution is 7.89. The number of carboxylic acids is 1. The van der Waals surface area contributed by atoms with Crippen molar-refractivity contribution in [3.05, 3.63) is 64.7 Å². The normalized spacial score (nSPS) is 12.7. The number of rotatable bonds is 8. The maximum absolute atomic E-state index is 12.4. The van der Waals surface area contributed by atoms with Gasteiger partial charge in [-0.1, -0.05) is 35.9 Å². The number of carboxylic acid groups (broad SMARTS) is 1. The number of nitrogens with one attached hydrogen (secondary N) is 1. The van der Waals surface area contributed by atoms with Crippen LogP contribution in [-0.2, 0) is 21.2 Å². The second-order valence-corrected chi connectivity index (χ2v) is 7.94. The number of aryl methyl sites for hydroxylation is 1. The molecule has 0 spiro atoms. The molecule has 7 heteroatoms. The van der Waals surface area contributed by atoms with E-state index in [9.17, 15) is 13.2 Å². The predicted molar refractivity (Wildman–Crippen MR) is 97.2 cm³/mol. The van der Waals surface area contributed by atoms with Crippen molar-refractivity contribution in [2.75, 3.05) is 0 Å². The third-order valence-electron chi connectivity index (χ3n) is 3.79. The molecule has 25 heavy (non-hydrogen) atoms.